The second-order valence-electron chi connectivity index (χ2n) is 6.39. The van der Waals surface area contributed by atoms with Crippen molar-refractivity contribution in [2.75, 3.05) is 31.5 Å². The molecule has 1 aliphatic rings. The molecule has 5 nitrogen and oxygen atoms in total. The van der Waals surface area contributed by atoms with Gasteiger partial charge in [0, 0.05) is 25.8 Å². The molecule has 1 aliphatic heterocycles. The number of amides is 1. The van der Waals surface area contributed by atoms with Gasteiger partial charge in [-0.3, -0.25) is 9.69 Å². The van der Waals surface area contributed by atoms with Crippen molar-refractivity contribution >= 4 is 11.7 Å². The van der Waals surface area contributed by atoms with E-state index in [1.807, 2.05) is 18.2 Å². The van der Waals surface area contributed by atoms with Crippen molar-refractivity contribution < 1.29 is 9.18 Å². The highest BCUT2D eigenvalue weighted by molar-refractivity contribution is 5.78. The molecule has 2 aromatic rings. The smallest absolute Gasteiger partial charge is 0.234 e. The maximum absolute atomic E-state index is 12.9. The second kappa shape index (κ2) is 8.58. The third-order valence-electron chi connectivity index (χ3n) is 4.38. The summed E-state index contributed by atoms with van der Waals surface area (Å²) in [6.07, 6.45) is 2.85. The average molecular weight is 342 g/mol. The highest BCUT2D eigenvalue weighted by Gasteiger charge is 2.23. The number of rotatable bonds is 7. The fourth-order valence-electron chi connectivity index (χ4n) is 3.00. The first-order chi connectivity index (χ1) is 12.2. The van der Waals surface area contributed by atoms with Crippen LogP contribution in [0.25, 0.3) is 0 Å². The number of hydrogen-bond donors (Lipinski definition) is 2. The van der Waals surface area contributed by atoms with Gasteiger partial charge in [0.1, 0.15) is 11.6 Å². The van der Waals surface area contributed by atoms with Crippen molar-refractivity contribution in [3.63, 3.8) is 0 Å². The lowest BCUT2D eigenvalue weighted by Crippen LogP contribution is -2.36. The minimum Gasteiger partial charge on any atom is -0.370 e. The molecule has 1 amide bonds. The summed E-state index contributed by atoms with van der Waals surface area (Å²) < 4.78 is 12.9. The van der Waals surface area contributed by atoms with E-state index in [2.05, 4.69) is 20.5 Å². The topological polar surface area (TPSA) is 57.3 Å². The predicted molar refractivity (Wildman–Crippen MR) is 95.5 cm³/mol. The summed E-state index contributed by atoms with van der Waals surface area (Å²) in [7, 11) is 0. The van der Waals surface area contributed by atoms with Gasteiger partial charge in [0.05, 0.1) is 6.54 Å². The van der Waals surface area contributed by atoms with Crippen molar-refractivity contribution in [3.05, 3.63) is 60.0 Å². The summed E-state index contributed by atoms with van der Waals surface area (Å²) in [4.78, 5) is 18.5. The van der Waals surface area contributed by atoms with Gasteiger partial charge in [0.2, 0.25) is 5.91 Å². The van der Waals surface area contributed by atoms with E-state index in [0.717, 1.165) is 37.4 Å². The Balaban J connectivity index is 1.36. The number of benzene rings is 1. The first-order valence-electron chi connectivity index (χ1n) is 8.57. The molecule has 0 radical (unpaired) electrons. The van der Waals surface area contributed by atoms with Crippen LogP contribution >= 0.6 is 0 Å². The van der Waals surface area contributed by atoms with Gasteiger partial charge < -0.3 is 10.6 Å². The van der Waals surface area contributed by atoms with Crippen LogP contribution in [0.1, 0.15) is 12.0 Å². The third-order valence-corrected chi connectivity index (χ3v) is 4.38. The third kappa shape index (κ3) is 5.53. The molecule has 1 saturated heterocycles. The zero-order valence-electron chi connectivity index (χ0n) is 14.1. The molecular formula is C19H23FN4O. The molecule has 25 heavy (non-hydrogen) atoms. The number of pyridine rings is 1. The van der Waals surface area contributed by atoms with Gasteiger partial charge in [-0.25, -0.2) is 9.37 Å². The molecule has 6 heteroatoms. The maximum Gasteiger partial charge on any atom is 0.234 e. The summed E-state index contributed by atoms with van der Waals surface area (Å²) in [5.74, 6) is 1.14. The summed E-state index contributed by atoms with van der Waals surface area (Å²) in [6.45, 7) is 3.53. The molecule has 2 N–H and O–H groups in total. The minimum atomic E-state index is -0.266. The van der Waals surface area contributed by atoms with Crippen LogP contribution in [0, 0.1) is 11.7 Å². The number of nitrogens with one attached hydrogen (secondary N) is 2. The van der Waals surface area contributed by atoms with Gasteiger partial charge in [-0.05, 0) is 48.7 Å². The van der Waals surface area contributed by atoms with Crippen molar-refractivity contribution in [1.29, 1.82) is 0 Å². The normalized spacial score (nSPS) is 17.4. The van der Waals surface area contributed by atoms with Crippen molar-refractivity contribution in [2.45, 2.75) is 13.0 Å². The van der Waals surface area contributed by atoms with Crippen LogP contribution in [0.2, 0.25) is 0 Å². The Kier molecular flexibility index (Phi) is 5.95. The van der Waals surface area contributed by atoms with E-state index in [0.29, 0.717) is 19.0 Å². The predicted octanol–water partition coefficient (Wildman–Crippen LogP) is 2.27. The summed E-state index contributed by atoms with van der Waals surface area (Å²) in [5, 5.41) is 6.23. The largest absolute Gasteiger partial charge is 0.370 e. The van der Waals surface area contributed by atoms with E-state index in [4.69, 9.17) is 0 Å². The number of aromatic nitrogens is 1. The van der Waals surface area contributed by atoms with Crippen LogP contribution in [-0.2, 0) is 11.3 Å². The maximum atomic E-state index is 12.9. The van der Waals surface area contributed by atoms with E-state index in [1.165, 1.54) is 12.1 Å². The van der Waals surface area contributed by atoms with Crippen molar-refractivity contribution in [3.8, 4) is 0 Å². The zero-order chi connectivity index (χ0) is 17.5. The lowest BCUT2D eigenvalue weighted by molar-refractivity contribution is -0.122. The van der Waals surface area contributed by atoms with Gasteiger partial charge in [0.15, 0.2) is 0 Å². The van der Waals surface area contributed by atoms with Crippen LogP contribution < -0.4 is 10.6 Å². The van der Waals surface area contributed by atoms with Crippen molar-refractivity contribution in [2.24, 2.45) is 5.92 Å². The molecule has 132 valence electrons. The molecule has 3 rings (SSSR count). The first-order valence-corrected chi connectivity index (χ1v) is 8.57. The summed E-state index contributed by atoms with van der Waals surface area (Å²) in [5.41, 5.74) is 0.897. The fourth-order valence-corrected chi connectivity index (χ4v) is 3.00. The fraction of sp³-hybridized carbons (Fsp3) is 0.368. The Morgan fingerprint density at radius 1 is 1.24 bits per heavy atom. The lowest BCUT2D eigenvalue weighted by atomic mass is 10.1. The molecule has 0 saturated carbocycles. The Labute approximate surface area is 147 Å². The van der Waals surface area contributed by atoms with Gasteiger partial charge in [0.25, 0.3) is 0 Å². The molecule has 1 fully saturated rings. The Morgan fingerprint density at radius 3 is 2.84 bits per heavy atom. The average Bonchev–Trinajstić information content (AvgIpc) is 3.08. The highest BCUT2D eigenvalue weighted by atomic mass is 19.1. The van der Waals surface area contributed by atoms with E-state index >= 15 is 0 Å². The van der Waals surface area contributed by atoms with E-state index < -0.39 is 0 Å². The quantitative estimate of drug-likeness (QED) is 0.810. The second-order valence-corrected chi connectivity index (χ2v) is 6.39. The first kappa shape index (κ1) is 17.4. The van der Waals surface area contributed by atoms with E-state index in [1.54, 1.807) is 18.3 Å². The number of carbonyl (C=O) groups excluding carboxylic acids is 1. The van der Waals surface area contributed by atoms with Gasteiger partial charge in [-0.15, -0.1) is 0 Å². The number of anilines is 1. The summed E-state index contributed by atoms with van der Waals surface area (Å²) >= 11 is 0. The molecule has 0 spiro atoms. The number of halogens is 1. The Bertz CT molecular complexity index is 678. The number of carbonyl (C=O) groups is 1. The summed E-state index contributed by atoms with van der Waals surface area (Å²) in [6, 6.07) is 12.0. The van der Waals surface area contributed by atoms with Gasteiger partial charge in [-0.2, -0.15) is 0 Å². The minimum absolute atomic E-state index is 0.00246. The molecule has 1 aromatic heterocycles. The molecule has 0 bridgehead atoms. The van der Waals surface area contributed by atoms with Crippen LogP contribution in [0.15, 0.2) is 48.7 Å². The molecule has 1 atom stereocenters. The number of likely N-dealkylation sites (tertiary alicyclic amines) is 1. The van der Waals surface area contributed by atoms with Crippen molar-refractivity contribution in [1.82, 2.24) is 15.2 Å². The monoisotopic (exact) mass is 342 g/mol. The molecule has 2 heterocycles. The highest BCUT2D eigenvalue weighted by Crippen LogP contribution is 2.16. The lowest BCUT2D eigenvalue weighted by Gasteiger charge is -2.16. The molecule has 1 unspecified atom stereocenters. The molecule has 1 aromatic carbocycles. The van der Waals surface area contributed by atoms with Gasteiger partial charge in [-0.1, -0.05) is 18.2 Å². The van der Waals surface area contributed by atoms with Crippen LogP contribution in [0.5, 0.6) is 0 Å². The number of hydrogen-bond acceptors (Lipinski definition) is 4. The van der Waals surface area contributed by atoms with Gasteiger partial charge >= 0.3 is 0 Å². The Hall–Kier alpha value is -2.47. The zero-order valence-corrected chi connectivity index (χ0v) is 14.1. The van der Waals surface area contributed by atoms with Crippen LogP contribution in [0.3, 0.4) is 0 Å². The molecular weight excluding hydrogens is 319 g/mol. The Morgan fingerprint density at radius 2 is 2.08 bits per heavy atom. The standard InChI is InChI=1S/C19H23FN4O/c20-17-6-4-15(5-7-17)11-23-19(25)14-24-10-8-16(13-24)12-22-18-3-1-2-9-21-18/h1-7,9,16H,8,10-14H2,(H,21,22)(H,23,25). The molecule has 0 aliphatic carbocycles. The van der Waals surface area contributed by atoms with Crippen LogP contribution in [-0.4, -0.2) is 42.0 Å². The van der Waals surface area contributed by atoms with E-state index in [-0.39, 0.29) is 11.7 Å². The SMILES string of the molecule is O=C(CN1CCC(CNc2ccccn2)C1)NCc1ccc(F)cc1. The van der Waals surface area contributed by atoms with Crippen LogP contribution in [0.4, 0.5) is 10.2 Å². The number of nitrogens with zero attached hydrogens (tertiary/aromatic N) is 2. The van der Waals surface area contributed by atoms with E-state index in [9.17, 15) is 9.18 Å².